The van der Waals surface area contributed by atoms with E-state index >= 15 is 0 Å². The van der Waals surface area contributed by atoms with Crippen LogP contribution in [-0.2, 0) is 10.0 Å². The smallest absolute Gasteiger partial charge is 0.290 e. The van der Waals surface area contributed by atoms with Gasteiger partial charge in [-0.15, -0.1) is 0 Å². The number of sulfonamides is 1. The van der Waals surface area contributed by atoms with Gasteiger partial charge in [-0.05, 0) is 0 Å². The molecule has 0 radical (unpaired) electrons. The first-order valence-electron chi connectivity index (χ1n) is 4.05. The van der Waals surface area contributed by atoms with Crippen molar-refractivity contribution in [1.29, 1.82) is 5.41 Å². The normalized spacial score (nSPS) is 21.6. The van der Waals surface area contributed by atoms with Crippen molar-refractivity contribution < 1.29 is 13.3 Å². The summed E-state index contributed by atoms with van der Waals surface area (Å²) in [6, 6.07) is 0. The number of nitrogens with zero attached hydrogens (tertiary/aromatic N) is 1. The lowest BCUT2D eigenvalue weighted by Crippen LogP contribution is -3.18. The van der Waals surface area contributed by atoms with Crippen LogP contribution in [0.4, 0.5) is 0 Å². The molecule has 1 saturated heterocycles. The molecule has 1 heterocycles. The number of piperazine rings is 1. The quantitative estimate of drug-likeness (QED) is 0.317. The van der Waals surface area contributed by atoms with Gasteiger partial charge in [-0.2, -0.15) is 4.31 Å². The molecule has 1 rings (SSSR count). The van der Waals surface area contributed by atoms with Crippen molar-refractivity contribution >= 4 is 16.0 Å². The van der Waals surface area contributed by atoms with E-state index in [0.29, 0.717) is 26.2 Å². The molecule has 1 fully saturated rings. The summed E-state index contributed by atoms with van der Waals surface area (Å²) in [6.07, 6.45) is 1.20. The standard InChI is InChI=1S/C6H14N4O2S/c1-13(11,12)10-4-2-9(3-5-10)6(7)8/h2-5H2,1H3,(H3,7,8)/p+1. The number of hydrogen-bond acceptors (Lipinski definition) is 3. The van der Waals surface area contributed by atoms with Crippen LogP contribution >= 0.6 is 0 Å². The van der Waals surface area contributed by atoms with E-state index in [1.807, 2.05) is 0 Å². The number of rotatable bonds is 1. The molecular formula is C6H15N4O2S+. The SMILES string of the molecule is CS(=O)(=O)N1CC[NH+](C(=N)N)CC1. The van der Waals surface area contributed by atoms with Crippen molar-refractivity contribution in [2.45, 2.75) is 0 Å². The molecule has 1 aliphatic rings. The Morgan fingerprint density at radius 3 is 2.23 bits per heavy atom. The lowest BCUT2D eigenvalue weighted by molar-refractivity contribution is -0.812. The number of hydrogen-bond donors (Lipinski definition) is 3. The third kappa shape index (κ3) is 2.64. The second-order valence-electron chi connectivity index (χ2n) is 3.18. The van der Waals surface area contributed by atoms with E-state index < -0.39 is 10.0 Å². The van der Waals surface area contributed by atoms with Gasteiger partial charge in [-0.25, -0.2) is 13.8 Å². The Kier molecular flexibility index (Phi) is 2.89. The highest BCUT2D eigenvalue weighted by molar-refractivity contribution is 7.88. The zero-order valence-corrected chi connectivity index (χ0v) is 8.39. The summed E-state index contributed by atoms with van der Waals surface area (Å²) in [5, 5.41) is 7.18. The lowest BCUT2D eigenvalue weighted by atomic mass is 10.4. The van der Waals surface area contributed by atoms with E-state index in [4.69, 9.17) is 11.1 Å². The summed E-state index contributed by atoms with van der Waals surface area (Å²) in [5.41, 5.74) is 5.30. The maximum atomic E-state index is 11.1. The largest absolute Gasteiger partial charge is 0.338 e. The second-order valence-corrected chi connectivity index (χ2v) is 5.16. The molecule has 0 saturated carbocycles. The van der Waals surface area contributed by atoms with Crippen LogP contribution in [-0.4, -0.2) is 51.1 Å². The monoisotopic (exact) mass is 207 g/mol. The lowest BCUT2D eigenvalue weighted by Gasteiger charge is -2.28. The predicted molar refractivity (Wildman–Crippen MR) is 49.0 cm³/mol. The average molecular weight is 207 g/mol. The molecule has 6 nitrogen and oxygen atoms in total. The van der Waals surface area contributed by atoms with Crippen molar-refractivity contribution in [1.82, 2.24) is 4.31 Å². The molecule has 0 aromatic heterocycles. The van der Waals surface area contributed by atoms with Gasteiger partial charge in [-0.3, -0.25) is 4.90 Å². The molecule has 0 spiro atoms. The van der Waals surface area contributed by atoms with Crippen molar-refractivity contribution in [3.63, 3.8) is 0 Å². The van der Waals surface area contributed by atoms with Crippen LogP contribution in [0.3, 0.4) is 0 Å². The Morgan fingerprint density at radius 1 is 1.46 bits per heavy atom. The highest BCUT2D eigenvalue weighted by Gasteiger charge is 2.27. The Balaban J connectivity index is 2.53. The van der Waals surface area contributed by atoms with E-state index in [1.54, 1.807) is 0 Å². The molecule has 7 heteroatoms. The average Bonchev–Trinajstić information content (AvgIpc) is 2.03. The van der Waals surface area contributed by atoms with Gasteiger partial charge >= 0.3 is 0 Å². The van der Waals surface area contributed by atoms with Crippen molar-refractivity contribution in [2.75, 3.05) is 32.4 Å². The maximum Gasteiger partial charge on any atom is 0.290 e. The molecule has 4 N–H and O–H groups in total. The molecule has 0 aliphatic carbocycles. The molecular weight excluding hydrogens is 192 g/mol. The van der Waals surface area contributed by atoms with Gasteiger partial charge in [0.25, 0.3) is 5.96 Å². The van der Waals surface area contributed by atoms with Crippen LogP contribution in [0.25, 0.3) is 0 Å². The van der Waals surface area contributed by atoms with Gasteiger partial charge in [-0.1, -0.05) is 0 Å². The minimum atomic E-state index is -3.07. The summed E-state index contributed by atoms with van der Waals surface area (Å²) in [6.45, 7) is 2.08. The number of nitrogens with one attached hydrogen (secondary N) is 2. The topological polar surface area (TPSA) is 91.7 Å². The molecule has 0 unspecified atom stereocenters. The Morgan fingerprint density at radius 2 is 1.92 bits per heavy atom. The summed E-state index contributed by atoms with van der Waals surface area (Å²) in [5.74, 6) is 0.0909. The molecule has 0 aromatic carbocycles. The third-order valence-electron chi connectivity index (χ3n) is 2.18. The molecule has 76 valence electrons. The second kappa shape index (κ2) is 3.60. The van der Waals surface area contributed by atoms with Gasteiger partial charge in [0.1, 0.15) is 0 Å². The Bertz CT molecular complexity index is 292. The highest BCUT2D eigenvalue weighted by atomic mass is 32.2. The zero-order chi connectivity index (χ0) is 10.1. The Labute approximate surface area is 77.9 Å². The zero-order valence-electron chi connectivity index (χ0n) is 7.58. The molecule has 0 aromatic rings. The fourth-order valence-corrected chi connectivity index (χ4v) is 2.20. The van der Waals surface area contributed by atoms with E-state index in [0.717, 1.165) is 4.90 Å². The van der Waals surface area contributed by atoms with Crippen LogP contribution in [0.2, 0.25) is 0 Å². The first-order chi connectivity index (χ1) is 5.91. The first-order valence-corrected chi connectivity index (χ1v) is 5.90. The fourth-order valence-electron chi connectivity index (χ4n) is 1.36. The van der Waals surface area contributed by atoms with E-state index in [9.17, 15) is 8.42 Å². The van der Waals surface area contributed by atoms with Crippen LogP contribution in [0.5, 0.6) is 0 Å². The summed E-state index contributed by atoms with van der Waals surface area (Å²) in [4.78, 5) is 0.861. The van der Waals surface area contributed by atoms with Crippen molar-refractivity contribution in [2.24, 2.45) is 5.73 Å². The van der Waals surface area contributed by atoms with E-state index in [1.165, 1.54) is 10.6 Å². The summed E-state index contributed by atoms with van der Waals surface area (Å²) in [7, 11) is -3.07. The van der Waals surface area contributed by atoms with Gasteiger partial charge in [0, 0.05) is 0 Å². The van der Waals surface area contributed by atoms with Crippen LogP contribution < -0.4 is 10.6 Å². The number of guanidine groups is 1. The molecule has 1 aliphatic heterocycles. The van der Waals surface area contributed by atoms with Gasteiger partial charge in [0.05, 0.1) is 32.4 Å². The van der Waals surface area contributed by atoms with Crippen molar-refractivity contribution in [3.8, 4) is 0 Å². The van der Waals surface area contributed by atoms with Crippen LogP contribution in [0, 0.1) is 5.41 Å². The highest BCUT2D eigenvalue weighted by Crippen LogP contribution is 1.96. The maximum absolute atomic E-state index is 11.1. The number of quaternary nitrogens is 1. The fraction of sp³-hybridized carbons (Fsp3) is 0.833. The predicted octanol–water partition coefficient (Wildman–Crippen LogP) is -2.96. The number of nitrogens with two attached hydrogens (primary N) is 1. The van der Waals surface area contributed by atoms with Gasteiger partial charge in [0.2, 0.25) is 10.0 Å². The van der Waals surface area contributed by atoms with Gasteiger partial charge in [0.15, 0.2) is 0 Å². The van der Waals surface area contributed by atoms with E-state index in [-0.39, 0.29) is 5.96 Å². The molecule has 0 amide bonds. The molecule has 0 atom stereocenters. The summed E-state index contributed by atoms with van der Waals surface area (Å²) < 4.78 is 23.6. The van der Waals surface area contributed by atoms with Gasteiger partial charge < -0.3 is 5.73 Å². The minimum absolute atomic E-state index is 0.0909. The van der Waals surface area contributed by atoms with Crippen molar-refractivity contribution in [3.05, 3.63) is 0 Å². The van der Waals surface area contributed by atoms with E-state index in [2.05, 4.69) is 0 Å². The molecule has 0 bridgehead atoms. The Hall–Kier alpha value is -0.660. The summed E-state index contributed by atoms with van der Waals surface area (Å²) >= 11 is 0. The minimum Gasteiger partial charge on any atom is -0.338 e. The third-order valence-corrected chi connectivity index (χ3v) is 3.48. The van der Waals surface area contributed by atoms with Crippen LogP contribution in [0.15, 0.2) is 0 Å². The molecule has 13 heavy (non-hydrogen) atoms. The first kappa shape index (κ1) is 10.4. The van der Waals surface area contributed by atoms with Crippen LogP contribution in [0.1, 0.15) is 0 Å².